The molecule has 0 N–H and O–H groups in total. The van der Waals surface area contributed by atoms with Crippen molar-refractivity contribution in [2.45, 2.75) is 6.92 Å². The number of fused-ring (bicyclic) bond motifs is 1. The Balaban J connectivity index is 1.81. The zero-order valence-corrected chi connectivity index (χ0v) is 13.0. The first-order chi connectivity index (χ1) is 11.3. The van der Waals surface area contributed by atoms with Crippen molar-refractivity contribution in [3.05, 3.63) is 90.5 Å². The molecule has 1 nitrogen and oxygen atoms in total. The molecule has 0 bridgehead atoms. The van der Waals surface area contributed by atoms with Gasteiger partial charge in [-0.15, -0.1) is 0 Å². The average molecular weight is 295 g/mol. The maximum Gasteiger partial charge on any atom is 0.0712 e. The minimum atomic E-state index is 1.01. The van der Waals surface area contributed by atoms with E-state index in [0.29, 0.717) is 0 Å². The van der Waals surface area contributed by atoms with Crippen molar-refractivity contribution in [1.29, 1.82) is 0 Å². The molecule has 23 heavy (non-hydrogen) atoms. The van der Waals surface area contributed by atoms with Gasteiger partial charge >= 0.3 is 0 Å². The van der Waals surface area contributed by atoms with E-state index in [0.717, 1.165) is 16.8 Å². The van der Waals surface area contributed by atoms with Crippen LogP contribution in [0.3, 0.4) is 0 Å². The zero-order valence-electron chi connectivity index (χ0n) is 13.0. The smallest absolute Gasteiger partial charge is 0.0712 e. The SMILES string of the molecule is Cc1ccc2ccc(-c3cccc(-c4ccccc4)c3)nc2c1. The van der Waals surface area contributed by atoms with E-state index in [9.17, 15) is 0 Å². The Bertz CT molecular complexity index is 971. The molecular weight excluding hydrogens is 278 g/mol. The highest BCUT2D eigenvalue weighted by molar-refractivity contribution is 5.82. The minimum absolute atomic E-state index is 1.01. The number of pyridine rings is 1. The molecular formula is C22H17N. The van der Waals surface area contributed by atoms with Gasteiger partial charge in [0.1, 0.15) is 0 Å². The van der Waals surface area contributed by atoms with Crippen molar-refractivity contribution in [3.8, 4) is 22.4 Å². The van der Waals surface area contributed by atoms with Crippen molar-refractivity contribution in [1.82, 2.24) is 4.98 Å². The van der Waals surface area contributed by atoms with E-state index in [-0.39, 0.29) is 0 Å². The summed E-state index contributed by atoms with van der Waals surface area (Å²) in [6, 6.07) is 29.7. The minimum Gasteiger partial charge on any atom is -0.248 e. The molecule has 0 spiro atoms. The molecule has 0 aliphatic heterocycles. The first-order valence-electron chi connectivity index (χ1n) is 7.83. The fourth-order valence-corrected chi connectivity index (χ4v) is 2.88. The summed E-state index contributed by atoms with van der Waals surface area (Å²) in [6.45, 7) is 2.10. The molecule has 3 aromatic carbocycles. The van der Waals surface area contributed by atoms with Crippen LogP contribution < -0.4 is 0 Å². The standard InChI is InChI=1S/C22H17N/c1-16-10-11-18-12-13-21(23-22(18)14-16)20-9-5-8-19(15-20)17-6-3-2-4-7-17/h2-15H,1H3. The number of benzene rings is 3. The molecule has 0 fully saturated rings. The van der Waals surface area contributed by atoms with Crippen LogP contribution in [0.5, 0.6) is 0 Å². The lowest BCUT2D eigenvalue weighted by Crippen LogP contribution is -1.87. The van der Waals surface area contributed by atoms with Gasteiger partial charge < -0.3 is 0 Å². The van der Waals surface area contributed by atoms with Crippen LogP contribution in [0.1, 0.15) is 5.56 Å². The molecule has 0 saturated heterocycles. The van der Waals surface area contributed by atoms with E-state index < -0.39 is 0 Å². The quantitative estimate of drug-likeness (QED) is 0.450. The number of hydrogen-bond donors (Lipinski definition) is 0. The van der Waals surface area contributed by atoms with Gasteiger partial charge in [-0.25, -0.2) is 4.98 Å². The lowest BCUT2D eigenvalue weighted by Gasteiger charge is -2.07. The predicted molar refractivity (Wildman–Crippen MR) is 97.4 cm³/mol. The van der Waals surface area contributed by atoms with Crippen molar-refractivity contribution in [3.63, 3.8) is 0 Å². The van der Waals surface area contributed by atoms with Crippen molar-refractivity contribution >= 4 is 10.9 Å². The lowest BCUT2D eigenvalue weighted by atomic mass is 10.0. The van der Waals surface area contributed by atoms with E-state index in [1.54, 1.807) is 0 Å². The maximum atomic E-state index is 4.84. The maximum absolute atomic E-state index is 4.84. The Labute approximate surface area is 136 Å². The Morgan fingerprint density at radius 1 is 0.609 bits per heavy atom. The number of rotatable bonds is 2. The van der Waals surface area contributed by atoms with E-state index in [4.69, 9.17) is 4.98 Å². The highest BCUT2D eigenvalue weighted by Gasteiger charge is 2.04. The Hall–Kier alpha value is -2.93. The third-order valence-electron chi connectivity index (χ3n) is 4.11. The molecule has 0 unspecified atom stereocenters. The van der Waals surface area contributed by atoms with Gasteiger partial charge in [0.15, 0.2) is 0 Å². The second kappa shape index (κ2) is 5.69. The fraction of sp³-hybridized carbons (Fsp3) is 0.0455. The molecule has 0 radical (unpaired) electrons. The molecule has 1 heteroatoms. The van der Waals surface area contributed by atoms with Crippen LogP contribution in [0.15, 0.2) is 84.9 Å². The molecule has 0 saturated carbocycles. The topological polar surface area (TPSA) is 12.9 Å². The summed E-state index contributed by atoms with van der Waals surface area (Å²) in [6.07, 6.45) is 0. The van der Waals surface area contributed by atoms with Crippen LogP contribution in [0.2, 0.25) is 0 Å². The molecule has 0 aliphatic rings. The summed E-state index contributed by atoms with van der Waals surface area (Å²) >= 11 is 0. The molecule has 4 aromatic rings. The molecule has 0 atom stereocenters. The highest BCUT2D eigenvalue weighted by atomic mass is 14.7. The van der Waals surface area contributed by atoms with Crippen LogP contribution in [-0.4, -0.2) is 4.98 Å². The van der Waals surface area contributed by atoms with Gasteiger partial charge in [0.2, 0.25) is 0 Å². The Morgan fingerprint density at radius 2 is 1.35 bits per heavy atom. The first-order valence-corrected chi connectivity index (χ1v) is 7.83. The predicted octanol–water partition coefficient (Wildman–Crippen LogP) is 5.88. The number of nitrogens with zero attached hydrogens (tertiary/aromatic N) is 1. The summed E-state index contributed by atoms with van der Waals surface area (Å²) in [5.41, 5.74) is 6.89. The van der Waals surface area contributed by atoms with Crippen molar-refractivity contribution in [2.75, 3.05) is 0 Å². The summed E-state index contributed by atoms with van der Waals surface area (Å²) < 4.78 is 0. The lowest BCUT2D eigenvalue weighted by molar-refractivity contribution is 1.38. The van der Waals surface area contributed by atoms with Crippen LogP contribution in [0.4, 0.5) is 0 Å². The fourth-order valence-electron chi connectivity index (χ4n) is 2.88. The zero-order chi connectivity index (χ0) is 15.6. The summed E-state index contributed by atoms with van der Waals surface area (Å²) in [5.74, 6) is 0. The normalized spacial score (nSPS) is 10.8. The van der Waals surface area contributed by atoms with E-state index in [2.05, 4.69) is 85.8 Å². The molecule has 1 heterocycles. The third-order valence-corrected chi connectivity index (χ3v) is 4.11. The number of hydrogen-bond acceptors (Lipinski definition) is 1. The van der Waals surface area contributed by atoms with Gasteiger partial charge in [0.05, 0.1) is 11.2 Å². The van der Waals surface area contributed by atoms with Gasteiger partial charge in [-0.2, -0.15) is 0 Å². The number of aryl methyl sites for hydroxylation is 1. The van der Waals surface area contributed by atoms with Gasteiger partial charge in [-0.1, -0.05) is 66.7 Å². The Morgan fingerprint density at radius 3 is 2.22 bits per heavy atom. The van der Waals surface area contributed by atoms with Gasteiger partial charge in [0.25, 0.3) is 0 Å². The summed E-state index contributed by atoms with van der Waals surface area (Å²) in [7, 11) is 0. The van der Waals surface area contributed by atoms with Crippen LogP contribution in [0, 0.1) is 6.92 Å². The largest absolute Gasteiger partial charge is 0.248 e. The summed E-state index contributed by atoms with van der Waals surface area (Å²) in [4.78, 5) is 4.84. The van der Waals surface area contributed by atoms with E-state index in [1.165, 1.54) is 22.1 Å². The second-order valence-corrected chi connectivity index (χ2v) is 5.84. The van der Waals surface area contributed by atoms with Crippen LogP contribution in [-0.2, 0) is 0 Å². The molecule has 4 rings (SSSR count). The third kappa shape index (κ3) is 2.74. The average Bonchev–Trinajstić information content (AvgIpc) is 2.62. The van der Waals surface area contributed by atoms with Gasteiger partial charge in [0, 0.05) is 10.9 Å². The van der Waals surface area contributed by atoms with E-state index >= 15 is 0 Å². The van der Waals surface area contributed by atoms with Gasteiger partial charge in [-0.05, 0) is 41.8 Å². The highest BCUT2D eigenvalue weighted by Crippen LogP contribution is 2.26. The van der Waals surface area contributed by atoms with Crippen molar-refractivity contribution in [2.24, 2.45) is 0 Å². The molecule has 0 aliphatic carbocycles. The first kappa shape index (κ1) is 13.7. The van der Waals surface area contributed by atoms with Crippen LogP contribution in [0.25, 0.3) is 33.3 Å². The number of aromatic nitrogens is 1. The van der Waals surface area contributed by atoms with Crippen LogP contribution >= 0.6 is 0 Å². The van der Waals surface area contributed by atoms with Gasteiger partial charge in [-0.3, -0.25) is 0 Å². The molecule has 0 amide bonds. The second-order valence-electron chi connectivity index (χ2n) is 5.84. The molecule has 110 valence electrons. The van der Waals surface area contributed by atoms with E-state index in [1.807, 2.05) is 6.07 Å². The van der Waals surface area contributed by atoms with Crippen molar-refractivity contribution < 1.29 is 0 Å². The Kier molecular flexibility index (Phi) is 3.39. The summed E-state index contributed by atoms with van der Waals surface area (Å²) in [5, 5.41) is 1.18. The monoisotopic (exact) mass is 295 g/mol. The molecule has 1 aromatic heterocycles.